The zero-order valence-corrected chi connectivity index (χ0v) is 22.8. The van der Waals surface area contributed by atoms with Crippen molar-refractivity contribution in [3.05, 3.63) is 150 Å². The van der Waals surface area contributed by atoms with Crippen LogP contribution in [0.2, 0.25) is 0 Å². The highest BCUT2D eigenvalue weighted by atomic mass is 32.3. The SMILES string of the molecule is C=C1/C=C(/C=C\C=C/C=C/C)\C=C/CC(=C/C)/C1=C\CS(C)(CC/C=C\C=C/C)c1ccccc1. The predicted octanol–water partition coefficient (Wildman–Crippen LogP) is 10.0. The first-order valence-corrected chi connectivity index (χ1v) is 14.9. The molecule has 0 aliphatic heterocycles. The van der Waals surface area contributed by atoms with Crippen LogP contribution in [0, 0.1) is 0 Å². The zero-order chi connectivity index (χ0) is 25.4. The van der Waals surface area contributed by atoms with Gasteiger partial charge in [0.05, 0.1) is 0 Å². The lowest BCUT2D eigenvalue weighted by atomic mass is 9.92. The Hall–Kier alpha value is -3.03. The van der Waals surface area contributed by atoms with Gasteiger partial charge in [0.15, 0.2) is 0 Å². The monoisotopic (exact) mass is 482 g/mol. The molecule has 0 spiro atoms. The summed E-state index contributed by atoms with van der Waals surface area (Å²) in [5.74, 6) is 2.23. The maximum Gasteiger partial charge on any atom is -0.000103 e. The van der Waals surface area contributed by atoms with E-state index in [1.807, 2.05) is 25.2 Å². The van der Waals surface area contributed by atoms with Crippen LogP contribution in [-0.2, 0) is 0 Å². The molecule has 0 bridgehead atoms. The van der Waals surface area contributed by atoms with Gasteiger partial charge in [-0.05, 0) is 84.6 Å². The molecule has 0 N–H and O–H groups in total. The van der Waals surface area contributed by atoms with Gasteiger partial charge in [-0.3, -0.25) is 0 Å². The minimum atomic E-state index is -1.01. The van der Waals surface area contributed by atoms with E-state index >= 15 is 0 Å². The fourth-order valence-corrected chi connectivity index (χ4v) is 6.54. The second-order valence-electron chi connectivity index (χ2n) is 8.68. The molecule has 2 rings (SSSR count). The third kappa shape index (κ3) is 9.62. The summed E-state index contributed by atoms with van der Waals surface area (Å²) in [5.41, 5.74) is 4.89. The number of rotatable bonds is 10. The Kier molecular flexibility index (Phi) is 12.7. The van der Waals surface area contributed by atoms with E-state index in [2.05, 4.69) is 130 Å². The molecule has 0 fully saturated rings. The van der Waals surface area contributed by atoms with Crippen molar-refractivity contribution >= 4 is 10.0 Å². The highest BCUT2D eigenvalue weighted by Gasteiger charge is 2.20. The molecule has 1 aliphatic rings. The Morgan fingerprint density at radius 1 is 0.914 bits per heavy atom. The molecule has 0 heterocycles. The van der Waals surface area contributed by atoms with E-state index in [0.717, 1.165) is 24.2 Å². The lowest BCUT2D eigenvalue weighted by Crippen LogP contribution is -2.08. The van der Waals surface area contributed by atoms with Crippen LogP contribution in [-0.4, -0.2) is 17.8 Å². The molecule has 0 amide bonds. The van der Waals surface area contributed by atoms with Crippen molar-refractivity contribution in [2.75, 3.05) is 17.8 Å². The van der Waals surface area contributed by atoms with E-state index in [1.165, 1.54) is 27.4 Å². The molecule has 0 nitrogen and oxygen atoms in total. The number of benzene rings is 1. The third-order valence-electron chi connectivity index (χ3n) is 5.99. The summed E-state index contributed by atoms with van der Waals surface area (Å²) < 4.78 is 0. The fraction of sp³-hybridized carbons (Fsp3) is 0.235. The van der Waals surface area contributed by atoms with E-state index in [1.54, 1.807) is 0 Å². The van der Waals surface area contributed by atoms with Gasteiger partial charge in [0.25, 0.3) is 0 Å². The van der Waals surface area contributed by atoms with Gasteiger partial charge in [-0.15, -0.1) is 0 Å². The van der Waals surface area contributed by atoms with Gasteiger partial charge >= 0.3 is 0 Å². The molecule has 1 heteroatoms. The van der Waals surface area contributed by atoms with Crippen LogP contribution in [0.1, 0.15) is 33.6 Å². The van der Waals surface area contributed by atoms with Gasteiger partial charge < -0.3 is 0 Å². The van der Waals surface area contributed by atoms with Gasteiger partial charge in [-0.2, -0.15) is 0 Å². The Bertz CT molecular complexity index is 1080. The minimum absolute atomic E-state index is 0.921. The standard InChI is InChI=1S/C34H42S/c1-6-9-11-13-16-21-31-22-20-23-32(8-3)34(30(4)29-31)26-28-35(5,27-19-14-12-10-7-2)33-24-17-15-18-25-33/h6-18,20-22,24-26,29H,4,19,23,27-28H2,1-3,5H3/b9-6+,10-7-,13-11-,14-12-,21-16-,22-20-,31-29-,32-8-,34-26-. The molecule has 1 aromatic rings. The summed E-state index contributed by atoms with van der Waals surface area (Å²) in [4.78, 5) is 1.47. The van der Waals surface area contributed by atoms with Gasteiger partial charge in [0.2, 0.25) is 0 Å². The van der Waals surface area contributed by atoms with Crippen molar-refractivity contribution in [1.29, 1.82) is 0 Å². The first kappa shape index (κ1) is 28.2. The van der Waals surface area contributed by atoms with E-state index in [-0.39, 0.29) is 0 Å². The third-order valence-corrected chi connectivity index (χ3v) is 9.44. The molecule has 0 saturated heterocycles. The normalized spacial score (nSPS) is 22.9. The van der Waals surface area contributed by atoms with Crippen molar-refractivity contribution in [1.82, 2.24) is 0 Å². The van der Waals surface area contributed by atoms with Crippen LogP contribution >= 0.6 is 10.0 Å². The topological polar surface area (TPSA) is 0 Å². The highest BCUT2D eigenvalue weighted by Crippen LogP contribution is 2.53. The van der Waals surface area contributed by atoms with Crippen molar-refractivity contribution < 1.29 is 0 Å². The summed E-state index contributed by atoms with van der Waals surface area (Å²) in [6.07, 6.45) is 36.9. The van der Waals surface area contributed by atoms with Gasteiger partial charge in [-0.1, -0.05) is 122 Å². The Balaban J connectivity index is 2.34. The molecule has 35 heavy (non-hydrogen) atoms. The molecule has 0 radical (unpaired) electrons. The summed E-state index contributed by atoms with van der Waals surface area (Å²) >= 11 is 0. The van der Waals surface area contributed by atoms with Gasteiger partial charge in [-0.25, -0.2) is 10.0 Å². The van der Waals surface area contributed by atoms with Crippen LogP contribution < -0.4 is 0 Å². The van der Waals surface area contributed by atoms with Crippen molar-refractivity contribution in [3.8, 4) is 0 Å². The predicted molar refractivity (Wildman–Crippen MR) is 162 cm³/mol. The summed E-state index contributed by atoms with van der Waals surface area (Å²) in [5, 5.41) is 0. The smallest absolute Gasteiger partial charge is 0.000103 e. The maximum atomic E-state index is 4.48. The second-order valence-corrected chi connectivity index (χ2v) is 12.4. The Labute approximate surface area is 216 Å². The van der Waals surface area contributed by atoms with E-state index in [9.17, 15) is 0 Å². The average molecular weight is 483 g/mol. The zero-order valence-electron chi connectivity index (χ0n) is 22.0. The van der Waals surface area contributed by atoms with Crippen LogP contribution in [0.3, 0.4) is 0 Å². The number of hydrogen-bond donors (Lipinski definition) is 0. The highest BCUT2D eigenvalue weighted by molar-refractivity contribution is 8.33. The maximum absolute atomic E-state index is 4.48. The lowest BCUT2D eigenvalue weighted by molar-refractivity contribution is 1.19. The quantitative estimate of drug-likeness (QED) is 0.291. The van der Waals surface area contributed by atoms with Gasteiger partial charge in [0, 0.05) is 0 Å². The number of allylic oxidation sites excluding steroid dienone is 18. The number of hydrogen-bond acceptors (Lipinski definition) is 0. The molecule has 1 aromatic carbocycles. The molecule has 1 atom stereocenters. The van der Waals surface area contributed by atoms with Gasteiger partial charge in [0.1, 0.15) is 0 Å². The first-order chi connectivity index (χ1) is 17.0. The first-order valence-electron chi connectivity index (χ1n) is 12.5. The van der Waals surface area contributed by atoms with Crippen LogP contribution in [0.15, 0.2) is 155 Å². The molecule has 184 valence electrons. The van der Waals surface area contributed by atoms with E-state index in [4.69, 9.17) is 0 Å². The second kappa shape index (κ2) is 15.8. The van der Waals surface area contributed by atoms with Crippen molar-refractivity contribution in [2.24, 2.45) is 0 Å². The summed E-state index contributed by atoms with van der Waals surface area (Å²) in [6, 6.07) is 11.1. The largest absolute Gasteiger partial charge is 0.214 e. The Morgan fingerprint density at radius 3 is 2.34 bits per heavy atom. The Morgan fingerprint density at radius 2 is 1.63 bits per heavy atom. The molecule has 1 unspecified atom stereocenters. The fourth-order valence-electron chi connectivity index (χ4n) is 3.94. The van der Waals surface area contributed by atoms with Crippen molar-refractivity contribution in [2.45, 2.75) is 38.5 Å². The molecular weight excluding hydrogens is 440 g/mol. The lowest BCUT2D eigenvalue weighted by Gasteiger charge is -2.36. The van der Waals surface area contributed by atoms with E-state index in [0.29, 0.717) is 0 Å². The van der Waals surface area contributed by atoms with Crippen molar-refractivity contribution in [3.63, 3.8) is 0 Å². The summed E-state index contributed by atoms with van der Waals surface area (Å²) in [6.45, 7) is 10.7. The van der Waals surface area contributed by atoms with Crippen LogP contribution in [0.25, 0.3) is 0 Å². The average Bonchev–Trinajstić information content (AvgIpc) is 2.86. The van der Waals surface area contributed by atoms with Crippen LogP contribution in [0.4, 0.5) is 0 Å². The molecule has 0 aromatic heterocycles. The molecule has 1 aliphatic carbocycles. The molecular formula is C34H42S. The van der Waals surface area contributed by atoms with Crippen LogP contribution in [0.5, 0.6) is 0 Å². The minimum Gasteiger partial charge on any atom is -0.214 e. The summed E-state index contributed by atoms with van der Waals surface area (Å²) in [7, 11) is -1.01. The molecule has 0 saturated carbocycles. The van der Waals surface area contributed by atoms with E-state index < -0.39 is 10.0 Å².